The Hall–Kier alpha value is -2.37. The highest BCUT2D eigenvalue weighted by Crippen LogP contribution is 2.02. The molecule has 2 rings (SSSR count). The monoisotopic (exact) mass is 330 g/mol. The zero-order chi connectivity index (χ0) is 17.8. The Morgan fingerprint density at radius 2 is 1.58 bits per heavy atom. The number of nitrogens with zero attached hydrogens (tertiary/aromatic N) is 1. The van der Waals surface area contributed by atoms with Crippen LogP contribution in [0.1, 0.15) is 23.1 Å². The summed E-state index contributed by atoms with van der Waals surface area (Å²) in [4.78, 5) is 10.3. The Balaban J connectivity index is 0.000000341. The predicted octanol–water partition coefficient (Wildman–Crippen LogP) is 3.84. The van der Waals surface area contributed by atoms with Crippen molar-refractivity contribution < 1.29 is 15.1 Å². The van der Waals surface area contributed by atoms with Gasteiger partial charge in [-0.25, -0.2) is 4.79 Å². The summed E-state index contributed by atoms with van der Waals surface area (Å²) in [5, 5.41) is 20.8. The lowest BCUT2D eigenvalue weighted by molar-refractivity contribution is -0.0640. The van der Waals surface area contributed by atoms with Crippen LogP contribution in [0.25, 0.3) is 0 Å². The van der Waals surface area contributed by atoms with Crippen LogP contribution >= 0.6 is 0 Å². The second-order valence-corrected chi connectivity index (χ2v) is 5.58. The quantitative estimate of drug-likeness (QED) is 0.427. The first kappa shape index (κ1) is 19.7. The Kier molecular flexibility index (Phi) is 9.19. The fraction of sp³-hybridized carbons (Fsp3) is 0.316. The van der Waals surface area contributed by atoms with Gasteiger partial charge in [0.25, 0.3) is 0 Å². The van der Waals surface area contributed by atoms with Gasteiger partial charge in [-0.3, -0.25) is 5.21 Å². The van der Waals surface area contributed by atoms with Gasteiger partial charge in [-0.1, -0.05) is 65.7 Å². The van der Waals surface area contributed by atoms with Crippen molar-refractivity contribution in [1.29, 1.82) is 0 Å². The lowest BCUT2D eigenvalue weighted by atomic mass is 10.1. The molecule has 3 N–H and O–H groups in total. The Morgan fingerprint density at radius 1 is 1.00 bits per heavy atom. The van der Waals surface area contributed by atoms with Crippen molar-refractivity contribution in [3.05, 3.63) is 71.3 Å². The molecule has 0 aromatic heterocycles. The maximum absolute atomic E-state index is 10.3. The third-order valence-electron chi connectivity index (χ3n) is 3.33. The smallest absolute Gasteiger partial charge is 0.431 e. The van der Waals surface area contributed by atoms with E-state index in [1.807, 2.05) is 25.1 Å². The van der Waals surface area contributed by atoms with E-state index < -0.39 is 6.09 Å². The van der Waals surface area contributed by atoms with Crippen molar-refractivity contribution in [2.45, 2.75) is 26.8 Å². The minimum absolute atomic E-state index is 0.121. The van der Waals surface area contributed by atoms with Crippen molar-refractivity contribution >= 4 is 6.09 Å². The second kappa shape index (κ2) is 11.2. The van der Waals surface area contributed by atoms with Gasteiger partial charge in [-0.2, -0.15) is 5.06 Å². The first-order valence-electron chi connectivity index (χ1n) is 7.96. The minimum atomic E-state index is -1.32. The first-order valence-corrected chi connectivity index (χ1v) is 7.96. The summed E-state index contributed by atoms with van der Waals surface area (Å²) in [6.07, 6.45) is -0.738. The molecule has 0 spiro atoms. The van der Waals surface area contributed by atoms with Gasteiger partial charge >= 0.3 is 6.09 Å². The summed E-state index contributed by atoms with van der Waals surface area (Å²) in [5.41, 5.74) is 3.74. The molecule has 130 valence electrons. The summed E-state index contributed by atoms with van der Waals surface area (Å²) in [6.45, 7) is 5.66. The Bertz CT molecular complexity index is 585. The van der Waals surface area contributed by atoms with Crippen LogP contribution in [0.4, 0.5) is 4.79 Å². The molecule has 0 radical (unpaired) electrons. The van der Waals surface area contributed by atoms with E-state index in [-0.39, 0.29) is 6.54 Å². The average Bonchev–Trinajstić information content (AvgIpc) is 2.57. The van der Waals surface area contributed by atoms with Gasteiger partial charge in [-0.15, -0.1) is 0 Å². The number of carboxylic acid groups (broad SMARTS) is 1. The van der Waals surface area contributed by atoms with Crippen molar-refractivity contribution in [1.82, 2.24) is 10.4 Å². The fourth-order valence-electron chi connectivity index (χ4n) is 1.92. The van der Waals surface area contributed by atoms with Crippen molar-refractivity contribution in [2.75, 3.05) is 13.1 Å². The molecule has 24 heavy (non-hydrogen) atoms. The molecule has 2 aromatic carbocycles. The van der Waals surface area contributed by atoms with Crippen LogP contribution in [0.15, 0.2) is 54.6 Å². The van der Waals surface area contributed by atoms with Gasteiger partial charge in [0.05, 0.1) is 6.54 Å². The zero-order valence-electron chi connectivity index (χ0n) is 14.3. The highest BCUT2D eigenvalue weighted by atomic mass is 16.6. The van der Waals surface area contributed by atoms with Gasteiger partial charge in [0.15, 0.2) is 0 Å². The molecule has 0 fully saturated rings. The van der Waals surface area contributed by atoms with Crippen LogP contribution in [0, 0.1) is 13.8 Å². The third kappa shape index (κ3) is 8.92. The number of carbonyl (C=O) groups is 1. The van der Waals surface area contributed by atoms with Crippen LogP contribution in [0.3, 0.4) is 0 Å². The lowest BCUT2D eigenvalue weighted by Crippen LogP contribution is -2.28. The predicted molar refractivity (Wildman–Crippen MR) is 95.2 cm³/mol. The molecule has 5 nitrogen and oxygen atoms in total. The summed E-state index contributed by atoms with van der Waals surface area (Å²) in [7, 11) is 0. The number of hydroxylamine groups is 2. The first-order chi connectivity index (χ1) is 11.5. The molecule has 0 saturated heterocycles. The summed E-state index contributed by atoms with van der Waals surface area (Å²) in [5.74, 6) is 0. The second-order valence-electron chi connectivity index (χ2n) is 5.58. The van der Waals surface area contributed by atoms with E-state index >= 15 is 0 Å². The Morgan fingerprint density at radius 3 is 2.08 bits per heavy atom. The van der Waals surface area contributed by atoms with E-state index in [1.165, 1.54) is 16.7 Å². The maximum Gasteiger partial charge on any atom is 0.431 e. The van der Waals surface area contributed by atoms with Crippen LogP contribution in [0.5, 0.6) is 0 Å². The topological polar surface area (TPSA) is 72.8 Å². The molecule has 0 saturated carbocycles. The highest BCUT2D eigenvalue weighted by molar-refractivity contribution is 5.63. The van der Waals surface area contributed by atoms with Gasteiger partial charge in [0.2, 0.25) is 0 Å². The number of aryl methyl sites for hydroxylation is 2. The highest BCUT2D eigenvalue weighted by Gasteiger charge is 2.05. The van der Waals surface area contributed by atoms with E-state index in [1.54, 1.807) is 0 Å². The number of hydrogen-bond donors (Lipinski definition) is 3. The molecule has 2 aromatic rings. The summed E-state index contributed by atoms with van der Waals surface area (Å²) >= 11 is 0. The Labute approximate surface area is 143 Å². The molecule has 0 unspecified atom stereocenters. The number of nitrogens with one attached hydrogen (secondary N) is 1. The SMILES string of the molecule is Cc1ccc(CNCCCN(O)C(=O)O)cc1.Cc1ccccc1. The van der Waals surface area contributed by atoms with Crippen LogP contribution in [0.2, 0.25) is 0 Å². The van der Waals surface area contributed by atoms with Gasteiger partial charge in [0, 0.05) is 6.54 Å². The normalized spacial score (nSPS) is 9.79. The largest absolute Gasteiger partial charge is 0.463 e. The minimum Gasteiger partial charge on any atom is -0.463 e. The third-order valence-corrected chi connectivity index (χ3v) is 3.33. The number of benzene rings is 2. The van der Waals surface area contributed by atoms with Crippen molar-refractivity contribution in [3.8, 4) is 0 Å². The average molecular weight is 330 g/mol. The number of hydrogen-bond acceptors (Lipinski definition) is 3. The van der Waals surface area contributed by atoms with Crippen LogP contribution in [-0.4, -0.2) is 34.6 Å². The molecular weight excluding hydrogens is 304 g/mol. The van der Waals surface area contributed by atoms with Crippen molar-refractivity contribution in [2.24, 2.45) is 0 Å². The van der Waals surface area contributed by atoms with Gasteiger partial charge in [0.1, 0.15) is 0 Å². The van der Waals surface area contributed by atoms with E-state index in [2.05, 4.69) is 48.6 Å². The molecular formula is C19H26N2O3. The molecule has 0 aliphatic rings. The molecule has 1 amide bonds. The number of rotatable bonds is 6. The van der Waals surface area contributed by atoms with E-state index in [0.29, 0.717) is 18.0 Å². The molecule has 0 heterocycles. The lowest BCUT2D eigenvalue weighted by Gasteiger charge is -2.10. The zero-order valence-corrected chi connectivity index (χ0v) is 14.3. The van der Waals surface area contributed by atoms with E-state index in [9.17, 15) is 4.79 Å². The molecule has 5 heteroatoms. The molecule has 0 bridgehead atoms. The summed E-state index contributed by atoms with van der Waals surface area (Å²) in [6, 6.07) is 18.5. The molecule has 0 atom stereocenters. The number of amides is 1. The van der Waals surface area contributed by atoms with Gasteiger partial charge in [-0.05, 0) is 32.4 Å². The standard InChI is InChI=1S/C12H18N2O3.C7H8/c1-10-3-5-11(6-4-10)9-13-7-2-8-14(17)12(15)16;1-7-5-3-2-4-6-7/h3-6,13,17H,2,7-9H2,1H3,(H,15,16);2-6H,1H3. The van der Waals surface area contributed by atoms with E-state index in [0.717, 1.165) is 6.54 Å². The van der Waals surface area contributed by atoms with Crippen LogP contribution in [-0.2, 0) is 6.54 Å². The maximum atomic E-state index is 10.3. The van der Waals surface area contributed by atoms with E-state index in [4.69, 9.17) is 10.3 Å². The molecule has 0 aliphatic carbocycles. The fourth-order valence-corrected chi connectivity index (χ4v) is 1.92. The van der Waals surface area contributed by atoms with Gasteiger partial charge < -0.3 is 10.4 Å². The van der Waals surface area contributed by atoms with Crippen LogP contribution < -0.4 is 5.32 Å². The molecule has 0 aliphatic heterocycles. The van der Waals surface area contributed by atoms with Crippen molar-refractivity contribution in [3.63, 3.8) is 0 Å². The summed E-state index contributed by atoms with van der Waals surface area (Å²) < 4.78 is 0.